The number of aromatic nitrogens is 2. The smallest absolute Gasteiger partial charge is 0.416 e. The van der Waals surface area contributed by atoms with Gasteiger partial charge in [0.05, 0.1) is 30.0 Å². The number of amides is 1. The molecule has 1 aromatic heterocycles. The average molecular weight is 431 g/mol. The highest BCUT2D eigenvalue weighted by atomic mass is 19.4. The number of nitrogens with one attached hydrogen (secondary N) is 2. The summed E-state index contributed by atoms with van der Waals surface area (Å²) < 4.78 is 43.6. The highest BCUT2D eigenvalue weighted by Crippen LogP contribution is 2.32. The van der Waals surface area contributed by atoms with Crippen molar-refractivity contribution < 1.29 is 27.5 Å². The molecule has 162 valence electrons. The molecule has 0 aliphatic carbocycles. The number of carbonyl (C=O) groups is 2. The fourth-order valence-corrected chi connectivity index (χ4v) is 2.89. The van der Waals surface area contributed by atoms with Gasteiger partial charge in [0, 0.05) is 17.7 Å². The molecule has 0 saturated heterocycles. The summed E-state index contributed by atoms with van der Waals surface area (Å²) in [5, 5.41) is 9.54. The first kappa shape index (κ1) is 22.1. The second kappa shape index (κ2) is 9.46. The highest BCUT2D eigenvalue weighted by molar-refractivity contribution is 5.94. The van der Waals surface area contributed by atoms with Gasteiger partial charge in [0.1, 0.15) is 0 Å². The Labute approximate surface area is 176 Å². The molecule has 0 fully saturated rings. The van der Waals surface area contributed by atoms with Crippen molar-refractivity contribution in [1.82, 2.24) is 15.5 Å². The third kappa shape index (κ3) is 5.71. The topological polar surface area (TPSA) is 84.1 Å². The predicted molar refractivity (Wildman–Crippen MR) is 108 cm³/mol. The minimum Gasteiger partial charge on any atom is -0.466 e. The van der Waals surface area contributed by atoms with Crippen molar-refractivity contribution in [1.29, 1.82) is 0 Å². The van der Waals surface area contributed by atoms with E-state index in [-0.39, 0.29) is 31.4 Å². The van der Waals surface area contributed by atoms with Crippen LogP contribution in [0.1, 0.15) is 29.3 Å². The molecule has 0 spiro atoms. The lowest BCUT2D eigenvalue weighted by Crippen LogP contribution is -2.26. The van der Waals surface area contributed by atoms with Gasteiger partial charge in [-0.2, -0.15) is 18.3 Å². The molecule has 2 N–H and O–H groups in total. The van der Waals surface area contributed by atoms with E-state index in [0.29, 0.717) is 28.1 Å². The zero-order valence-electron chi connectivity index (χ0n) is 16.6. The van der Waals surface area contributed by atoms with E-state index in [1.807, 2.05) is 0 Å². The number of aromatic amines is 1. The number of alkyl halides is 3. The number of halogens is 3. The fourth-order valence-electron chi connectivity index (χ4n) is 2.89. The van der Waals surface area contributed by atoms with Gasteiger partial charge >= 0.3 is 12.1 Å². The van der Waals surface area contributed by atoms with Gasteiger partial charge in [-0.1, -0.05) is 24.3 Å². The van der Waals surface area contributed by atoms with Crippen molar-refractivity contribution in [2.75, 3.05) is 13.2 Å². The van der Waals surface area contributed by atoms with E-state index in [9.17, 15) is 22.8 Å². The van der Waals surface area contributed by atoms with Crippen LogP contribution >= 0.6 is 0 Å². The van der Waals surface area contributed by atoms with Crippen LogP contribution in [0.3, 0.4) is 0 Å². The quantitative estimate of drug-likeness (QED) is 0.542. The molecule has 3 rings (SSSR count). The Hall–Kier alpha value is -3.62. The largest absolute Gasteiger partial charge is 0.466 e. The standard InChI is InChI=1S/C22H20F3N3O3/c1-2-31-20(29)10-11-26-21(30)15-8-6-14(7-9-15)18-13-19(28-27-18)16-4-3-5-17(12-16)22(23,24)25/h3-9,12-13H,2,10-11H2,1H3,(H,26,30)(H,27,28). The van der Waals surface area contributed by atoms with Crippen LogP contribution in [-0.4, -0.2) is 35.2 Å². The molecule has 1 heterocycles. The number of carbonyl (C=O) groups excluding carboxylic acids is 2. The second-order valence-electron chi connectivity index (χ2n) is 6.63. The Morgan fingerprint density at radius 2 is 1.81 bits per heavy atom. The number of nitrogens with zero attached hydrogens (tertiary/aromatic N) is 1. The Bertz CT molecular complexity index is 1060. The number of rotatable bonds is 7. The van der Waals surface area contributed by atoms with Gasteiger partial charge < -0.3 is 10.1 Å². The second-order valence-corrected chi connectivity index (χ2v) is 6.63. The van der Waals surface area contributed by atoms with Crippen LogP contribution in [0.15, 0.2) is 54.6 Å². The van der Waals surface area contributed by atoms with Gasteiger partial charge in [-0.15, -0.1) is 0 Å². The molecule has 0 bridgehead atoms. The number of hydrogen-bond acceptors (Lipinski definition) is 4. The number of esters is 1. The summed E-state index contributed by atoms with van der Waals surface area (Å²) in [6, 6.07) is 13.2. The van der Waals surface area contributed by atoms with Crippen molar-refractivity contribution in [3.05, 3.63) is 65.7 Å². The first-order valence-electron chi connectivity index (χ1n) is 9.55. The van der Waals surface area contributed by atoms with Crippen molar-refractivity contribution >= 4 is 11.9 Å². The van der Waals surface area contributed by atoms with E-state index in [1.165, 1.54) is 6.07 Å². The first-order valence-corrected chi connectivity index (χ1v) is 9.55. The van der Waals surface area contributed by atoms with Crippen molar-refractivity contribution in [2.45, 2.75) is 19.5 Å². The highest BCUT2D eigenvalue weighted by Gasteiger charge is 2.30. The summed E-state index contributed by atoms with van der Waals surface area (Å²) in [5.41, 5.74) is 1.70. The molecule has 0 radical (unpaired) electrons. The van der Waals surface area contributed by atoms with Crippen molar-refractivity contribution in [3.8, 4) is 22.5 Å². The van der Waals surface area contributed by atoms with Crippen molar-refractivity contribution in [2.24, 2.45) is 0 Å². The maximum absolute atomic E-state index is 12.9. The van der Waals surface area contributed by atoms with Crippen LogP contribution in [0.25, 0.3) is 22.5 Å². The first-order chi connectivity index (χ1) is 14.8. The van der Waals surface area contributed by atoms with E-state index in [1.54, 1.807) is 43.3 Å². The molecule has 6 nitrogen and oxygen atoms in total. The van der Waals surface area contributed by atoms with Gasteiger partial charge in [-0.05, 0) is 42.8 Å². The third-order valence-corrected chi connectivity index (χ3v) is 4.44. The lowest BCUT2D eigenvalue weighted by molar-refractivity contribution is -0.143. The van der Waals surface area contributed by atoms with Gasteiger partial charge in [0.15, 0.2) is 0 Å². The van der Waals surface area contributed by atoms with Crippen LogP contribution in [0.5, 0.6) is 0 Å². The van der Waals surface area contributed by atoms with E-state index in [2.05, 4.69) is 15.5 Å². The van der Waals surface area contributed by atoms with E-state index < -0.39 is 11.7 Å². The van der Waals surface area contributed by atoms with Gasteiger partial charge in [0.25, 0.3) is 5.91 Å². The van der Waals surface area contributed by atoms with Crippen molar-refractivity contribution in [3.63, 3.8) is 0 Å². The van der Waals surface area contributed by atoms with Crippen LogP contribution in [-0.2, 0) is 15.7 Å². The summed E-state index contributed by atoms with van der Waals surface area (Å²) in [6.07, 6.45) is -4.34. The van der Waals surface area contributed by atoms with E-state index in [0.717, 1.165) is 12.1 Å². The van der Waals surface area contributed by atoms with Crippen LogP contribution in [0.2, 0.25) is 0 Å². The predicted octanol–water partition coefficient (Wildman–Crippen LogP) is 4.45. The number of hydrogen-bond donors (Lipinski definition) is 2. The number of H-pyrrole nitrogens is 1. The van der Waals surface area contributed by atoms with Gasteiger partial charge in [-0.25, -0.2) is 0 Å². The van der Waals surface area contributed by atoms with Gasteiger partial charge in [0.2, 0.25) is 0 Å². The molecule has 31 heavy (non-hydrogen) atoms. The normalized spacial score (nSPS) is 11.2. The Balaban J connectivity index is 1.67. The minimum absolute atomic E-state index is 0.0874. The zero-order valence-corrected chi connectivity index (χ0v) is 16.6. The Morgan fingerprint density at radius 1 is 1.06 bits per heavy atom. The van der Waals surface area contributed by atoms with Crippen LogP contribution < -0.4 is 5.32 Å². The summed E-state index contributed by atoms with van der Waals surface area (Å²) in [7, 11) is 0. The molecule has 0 unspecified atom stereocenters. The van der Waals surface area contributed by atoms with E-state index >= 15 is 0 Å². The Morgan fingerprint density at radius 3 is 2.48 bits per heavy atom. The molecule has 9 heteroatoms. The minimum atomic E-state index is -4.43. The molecule has 0 aliphatic rings. The Kier molecular flexibility index (Phi) is 6.74. The molecular weight excluding hydrogens is 411 g/mol. The lowest BCUT2D eigenvalue weighted by atomic mass is 10.1. The van der Waals surface area contributed by atoms with Crippen LogP contribution in [0, 0.1) is 0 Å². The maximum Gasteiger partial charge on any atom is 0.416 e. The lowest BCUT2D eigenvalue weighted by Gasteiger charge is -2.07. The number of benzene rings is 2. The SMILES string of the molecule is CCOC(=O)CCNC(=O)c1ccc(-c2cc(-c3cccc(C(F)(F)F)c3)n[nH]2)cc1. The molecular formula is C22H20F3N3O3. The maximum atomic E-state index is 12.9. The molecule has 0 atom stereocenters. The summed E-state index contributed by atoms with van der Waals surface area (Å²) in [4.78, 5) is 23.5. The monoisotopic (exact) mass is 431 g/mol. The summed E-state index contributed by atoms with van der Waals surface area (Å²) in [5.74, 6) is -0.709. The number of ether oxygens (including phenoxy) is 1. The molecule has 0 aliphatic heterocycles. The summed E-state index contributed by atoms with van der Waals surface area (Å²) in [6.45, 7) is 2.16. The molecule has 2 aromatic carbocycles. The third-order valence-electron chi connectivity index (χ3n) is 4.44. The van der Waals surface area contributed by atoms with Crippen LogP contribution in [0.4, 0.5) is 13.2 Å². The van der Waals surface area contributed by atoms with Gasteiger partial charge in [-0.3, -0.25) is 14.7 Å². The fraction of sp³-hybridized carbons (Fsp3) is 0.227. The van der Waals surface area contributed by atoms with E-state index in [4.69, 9.17) is 4.74 Å². The zero-order chi connectivity index (χ0) is 22.4. The average Bonchev–Trinajstić information content (AvgIpc) is 3.24. The summed E-state index contributed by atoms with van der Waals surface area (Å²) >= 11 is 0. The molecule has 0 saturated carbocycles. The molecule has 1 amide bonds. The molecule has 3 aromatic rings.